The number of aryl methyl sites for hydroxylation is 1. The molecular formula is C29H27N3O6S2. The van der Waals surface area contributed by atoms with Gasteiger partial charge in [-0.2, -0.15) is 0 Å². The Hall–Kier alpha value is -4.09. The molecule has 2 aromatic carbocycles. The van der Waals surface area contributed by atoms with Gasteiger partial charge in [0, 0.05) is 10.6 Å². The van der Waals surface area contributed by atoms with Crippen molar-refractivity contribution in [1.82, 2.24) is 15.2 Å². The van der Waals surface area contributed by atoms with Crippen LogP contribution in [0.15, 0.2) is 77.5 Å². The Morgan fingerprint density at radius 3 is 2.58 bits per heavy atom. The predicted molar refractivity (Wildman–Crippen MR) is 153 cm³/mol. The molecule has 11 heteroatoms. The molecule has 0 spiro atoms. The van der Waals surface area contributed by atoms with Crippen molar-refractivity contribution in [2.75, 3.05) is 19.5 Å². The number of amides is 2. The van der Waals surface area contributed by atoms with Crippen LogP contribution in [0.3, 0.4) is 0 Å². The minimum atomic E-state index is -0.768. The summed E-state index contributed by atoms with van der Waals surface area (Å²) in [6, 6.07) is 15.4. The SMILES string of the molecule is COc1ccc(COC(=O)C2=C(/C=C/c3scnc3C)CS[C@@H]3C(NC(=O)COc4ccccc4)C(=O)N23)cc1. The van der Waals surface area contributed by atoms with E-state index in [0.29, 0.717) is 22.8 Å². The number of fused-ring (bicyclic) bond motifs is 1. The number of thiazole rings is 1. The number of allylic oxidation sites excluding steroid dienone is 1. The molecule has 0 saturated carbocycles. The Kier molecular flexibility index (Phi) is 8.51. The molecule has 1 fully saturated rings. The van der Waals surface area contributed by atoms with Gasteiger partial charge in [0.1, 0.15) is 35.2 Å². The first-order chi connectivity index (χ1) is 19.4. The normalized spacial score (nSPS) is 18.2. The number of aromatic nitrogens is 1. The van der Waals surface area contributed by atoms with Crippen LogP contribution in [0.1, 0.15) is 16.1 Å². The third kappa shape index (κ3) is 6.05. The standard InChI is InChI=1S/C29H27N3O6S2/c1-18-23(40-17-30-18)13-10-20-16-39-28-25(31-24(33)15-37-22-6-4-3-5-7-22)27(34)32(28)26(20)29(35)38-14-19-8-11-21(36-2)12-9-19/h3-13,17,25,28H,14-16H2,1-2H3,(H,31,33)/b13-10+/t25?,28-/m1/s1. The minimum absolute atomic E-state index is 0.0358. The van der Waals surface area contributed by atoms with Gasteiger partial charge in [-0.15, -0.1) is 23.1 Å². The van der Waals surface area contributed by atoms with Crippen LogP contribution in [0.4, 0.5) is 0 Å². The zero-order valence-electron chi connectivity index (χ0n) is 21.9. The maximum absolute atomic E-state index is 13.4. The number of thioether (sulfide) groups is 1. The fourth-order valence-electron chi connectivity index (χ4n) is 4.23. The van der Waals surface area contributed by atoms with Crippen LogP contribution in [-0.4, -0.2) is 58.6 Å². The van der Waals surface area contributed by atoms with Crippen LogP contribution in [0.2, 0.25) is 0 Å². The molecule has 2 aliphatic heterocycles. The number of methoxy groups -OCH3 is 1. The molecule has 2 amide bonds. The summed E-state index contributed by atoms with van der Waals surface area (Å²) in [6.07, 6.45) is 3.73. The highest BCUT2D eigenvalue weighted by Gasteiger charge is 2.54. The number of hydrogen-bond donors (Lipinski definition) is 1. The van der Waals surface area contributed by atoms with Gasteiger partial charge in [0.2, 0.25) is 0 Å². The van der Waals surface area contributed by atoms with Gasteiger partial charge in [-0.05, 0) is 48.4 Å². The van der Waals surface area contributed by atoms with Crippen LogP contribution in [0.5, 0.6) is 11.5 Å². The van der Waals surface area contributed by atoms with Crippen LogP contribution in [0.25, 0.3) is 6.08 Å². The van der Waals surface area contributed by atoms with Gasteiger partial charge >= 0.3 is 5.97 Å². The van der Waals surface area contributed by atoms with Crippen molar-refractivity contribution in [3.63, 3.8) is 0 Å². The third-order valence-corrected chi connectivity index (χ3v) is 8.57. The minimum Gasteiger partial charge on any atom is -0.497 e. The van der Waals surface area contributed by atoms with Crippen molar-refractivity contribution in [3.05, 3.63) is 93.6 Å². The number of β-lactam (4-membered cyclic amide) rings is 1. The van der Waals surface area contributed by atoms with E-state index in [1.165, 1.54) is 28.0 Å². The number of nitrogens with zero attached hydrogens (tertiary/aromatic N) is 2. The number of ether oxygens (including phenoxy) is 3. The molecule has 2 atom stereocenters. The lowest BCUT2D eigenvalue weighted by Gasteiger charge is -2.49. The maximum atomic E-state index is 13.4. The number of para-hydroxylation sites is 1. The van der Waals surface area contributed by atoms with E-state index >= 15 is 0 Å². The summed E-state index contributed by atoms with van der Waals surface area (Å²) in [4.78, 5) is 45.9. The topological polar surface area (TPSA) is 107 Å². The van der Waals surface area contributed by atoms with E-state index in [1.54, 1.807) is 36.9 Å². The van der Waals surface area contributed by atoms with E-state index in [0.717, 1.165) is 16.1 Å². The zero-order valence-corrected chi connectivity index (χ0v) is 23.5. The van der Waals surface area contributed by atoms with E-state index in [4.69, 9.17) is 14.2 Å². The lowest BCUT2D eigenvalue weighted by molar-refractivity contribution is -0.153. The molecule has 1 unspecified atom stereocenters. The number of carbonyl (C=O) groups is 3. The highest BCUT2D eigenvalue weighted by Crippen LogP contribution is 2.41. The molecule has 1 aromatic heterocycles. The van der Waals surface area contributed by atoms with Crippen molar-refractivity contribution in [3.8, 4) is 11.5 Å². The number of esters is 1. The summed E-state index contributed by atoms with van der Waals surface area (Å²) in [5, 5.41) is 2.32. The molecule has 1 saturated heterocycles. The quantitative estimate of drug-likeness (QED) is 0.285. The number of benzene rings is 2. The van der Waals surface area contributed by atoms with E-state index in [-0.39, 0.29) is 24.8 Å². The highest BCUT2D eigenvalue weighted by atomic mass is 32.2. The second-order valence-electron chi connectivity index (χ2n) is 8.99. The molecule has 1 N–H and O–H groups in total. The molecule has 3 aromatic rings. The van der Waals surface area contributed by atoms with Crippen LogP contribution >= 0.6 is 23.1 Å². The first-order valence-corrected chi connectivity index (χ1v) is 14.4. The Balaban J connectivity index is 1.31. The van der Waals surface area contributed by atoms with Crippen molar-refractivity contribution >= 4 is 47.0 Å². The van der Waals surface area contributed by atoms with E-state index < -0.39 is 23.3 Å². The van der Waals surface area contributed by atoms with E-state index in [1.807, 2.05) is 49.4 Å². The molecule has 2 aliphatic rings. The van der Waals surface area contributed by atoms with Crippen LogP contribution in [0, 0.1) is 6.92 Å². The molecular weight excluding hydrogens is 550 g/mol. The first-order valence-electron chi connectivity index (χ1n) is 12.5. The Bertz CT molecular complexity index is 1450. The van der Waals surface area contributed by atoms with Crippen molar-refractivity contribution < 1.29 is 28.6 Å². The predicted octanol–water partition coefficient (Wildman–Crippen LogP) is 3.95. The van der Waals surface area contributed by atoms with Crippen molar-refractivity contribution in [1.29, 1.82) is 0 Å². The highest BCUT2D eigenvalue weighted by molar-refractivity contribution is 8.00. The summed E-state index contributed by atoms with van der Waals surface area (Å²) in [5.74, 6) is 0.325. The van der Waals surface area contributed by atoms with E-state index in [2.05, 4.69) is 10.3 Å². The average Bonchev–Trinajstić information content (AvgIpc) is 3.41. The number of hydrogen-bond acceptors (Lipinski definition) is 9. The van der Waals surface area contributed by atoms with Crippen LogP contribution < -0.4 is 14.8 Å². The second kappa shape index (κ2) is 12.4. The number of nitrogens with one attached hydrogen (secondary N) is 1. The number of carbonyl (C=O) groups excluding carboxylic acids is 3. The summed E-state index contributed by atoms with van der Waals surface area (Å²) in [6.45, 7) is 1.72. The molecule has 40 heavy (non-hydrogen) atoms. The zero-order chi connectivity index (χ0) is 28.1. The summed E-state index contributed by atoms with van der Waals surface area (Å²) in [7, 11) is 1.58. The monoisotopic (exact) mass is 577 g/mol. The van der Waals surface area contributed by atoms with E-state index in [9.17, 15) is 14.4 Å². The fraction of sp³-hybridized carbons (Fsp3) is 0.241. The van der Waals surface area contributed by atoms with Crippen molar-refractivity contribution in [2.45, 2.75) is 24.9 Å². The van der Waals surface area contributed by atoms with Gasteiger partial charge < -0.3 is 19.5 Å². The molecule has 0 radical (unpaired) electrons. The second-order valence-corrected chi connectivity index (χ2v) is 11.0. The molecule has 9 nitrogen and oxygen atoms in total. The Labute approximate surface area is 239 Å². The smallest absolute Gasteiger partial charge is 0.355 e. The van der Waals surface area contributed by atoms with Crippen LogP contribution in [-0.2, 0) is 25.7 Å². The largest absolute Gasteiger partial charge is 0.497 e. The number of rotatable bonds is 10. The molecule has 206 valence electrons. The van der Waals surface area contributed by atoms with Gasteiger partial charge in [-0.3, -0.25) is 14.5 Å². The van der Waals surface area contributed by atoms with Gasteiger partial charge in [0.15, 0.2) is 6.61 Å². The average molecular weight is 578 g/mol. The summed E-state index contributed by atoms with van der Waals surface area (Å²) >= 11 is 2.97. The van der Waals surface area contributed by atoms with Gasteiger partial charge in [0.05, 0.1) is 18.3 Å². The Morgan fingerprint density at radius 2 is 1.88 bits per heavy atom. The fourth-order valence-corrected chi connectivity index (χ4v) is 6.24. The molecule has 0 aliphatic carbocycles. The first kappa shape index (κ1) is 27.5. The molecule has 0 bridgehead atoms. The van der Waals surface area contributed by atoms with Crippen molar-refractivity contribution in [2.24, 2.45) is 0 Å². The lowest BCUT2D eigenvalue weighted by Crippen LogP contribution is -2.70. The maximum Gasteiger partial charge on any atom is 0.355 e. The third-order valence-electron chi connectivity index (χ3n) is 6.37. The molecule has 5 rings (SSSR count). The summed E-state index contributed by atoms with van der Waals surface area (Å²) in [5.41, 5.74) is 4.28. The van der Waals surface area contributed by atoms with Gasteiger partial charge in [0.25, 0.3) is 11.8 Å². The Morgan fingerprint density at radius 1 is 1.10 bits per heavy atom. The van der Waals surface area contributed by atoms with Gasteiger partial charge in [-0.1, -0.05) is 36.4 Å². The van der Waals surface area contributed by atoms with Gasteiger partial charge in [-0.25, -0.2) is 9.78 Å². The lowest BCUT2D eigenvalue weighted by atomic mass is 10.0. The summed E-state index contributed by atoms with van der Waals surface area (Å²) < 4.78 is 16.3. The molecule has 3 heterocycles.